The average Bonchev–Trinajstić information content (AvgIpc) is 3.25. The van der Waals surface area contributed by atoms with Gasteiger partial charge in [-0.3, -0.25) is 4.99 Å². The number of halogens is 3. The maximum absolute atomic E-state index is 11.2. The molecule has 3 N–H and O–H groups in total. The summed E-state index contributed by atoms with van der Waals surface area (Å²) in [6.07, 6.45) is -2.75. The second kappa shape index (κ2) is 11.7. The molecule has 2 fully saturated rings. The Morgan fingerprint density at radius 2 is 1.88 bits per heavy atom. The van der Waals surface area contributed by atoms with Crippen LogP contribution < -0.4 is 5.32 Å². The molecule has 1 aromatic carbocycles. The minimum atomic E-state index is -5.08. The normalized spacial score (nSPS) is 19.8. The van der Waals surface area contributed by atoms with E-state index < -0.39 is 18.1 Å². The molecule has 1 aromatic rings. The number of piperazine rings is 1. The molecule has 0 radical (unpaired) electrons. The molecule has 0 bridgehead atoms. The number of carboxylic acid groups (broad SMARTS) is 2. The largest absolute Gasteiger partial charge is 0.490 e. The molecule has 0 aliphatic carbocycles. The number of hydrogen-bond acceptors (Lipinski definition) is 5. The Morgan fingerprint density at radius 1 is 1.22 bits per heavy atom. The Balaban J connectivity index is 0.000000451. The van der Waals surface area contributed by atoms with Gasteiger partial charge in [0.2, 0.25) is 0 Å². The lowest BCUT2D eigenvalue weighted by atomic mass is 10.2. The first-order valence-corrected chi connectivity index (χ1v) is 10.1. The van der Waals surface area contributed by atoms with Crippen LogP contribution in [0.4, 0.5) is 18.9 Å². The molecule has 2 aliphatic rings. The third kappa shape index (κ3) is 8.35. The van der Waals surface area contributed by atoms with Gasteiger partial charge in [-0.05, 0) is 38.1 Å². The zero-order valence-electron chi connectivity index (χ0n) is 17.6. The van der Waals surface area contributed by atoms with Crippen molar-refractivity contribution < 1.29 is 37.7 Å². The Labute approximate surface area is 183 Å². The smallest absolute Gasteiger partial charge is 0.478 e. The van der Waals surface area contributed by atoms with Gasteiger partial charge in [-0.25, -0.2) is 9.59 Å². The second-order valence-electron chi connectivity index (χ2n) is 7.40. The highest BCUT2D eigenvalue weighted by atomic mass is 19.4. The van der Waals surface area contributed by atoms with E-state index in [-0.39, 0.29) is 11.7 Å². The lowest BCUT2D eigenvalue weighted by Crippen LogP contribution is -2.49. The first kappa shape index (κ1) is 25.4. The molecule has 2 aliphatic heterocycles. The molecule has 9 nitrogen and oxygen atoms in total. The first-order valence-electron chi connectivity index (χ1n) is 10.1. The van der Waals surface area contributed by atoms with Crippen LogP contribution in [0.1, 0.15) is 23.2 Å². The molecule has 3 rings (SSSR count). The van der Waals surface area contributed by atoms with E-state index in [1.54, 1.807) is 18.2 Å². The molecule has 1 atom stereocenters. The Bertz CT molecular complexity index is 805. The fourth-order valence-electron chi connectivity index (χ4n) is 3.07. The number of guanidine groups is 1. The number of aromatic carboxylic acids is 1. The van der Waals surface area contributed by atoms with Crippen molar-refractivity contribution in [2.75, 3.05) is 51.7 Å². The zero-order chi connectivity index (χ0) is 23.7. The Hall–Kier alpha value is -2.86. The van der Waals surface area contributed by atoms with Crippen molar-refractivity contribution in [3.8, 4) is 0 Å². The van der Waals surface area contributed by atoms with Gasteiger partial charge < -0.3 is 30.1 Å². The third-order valence-corrected chi connectivity index (χ3v) is 4.88. The monoisotopic (exact) mass is 460 g/mol. The number of hydrogen-bond donors (Lipinski definition) is 3. The number of ether oxygens (including phenoxy) is 1. The minimum Gasteiger partial charge on any atom is -0.478 e. The highest BCUT2D eigenvalue weighted by molar-refractivity contribution is 5.95. The molecule has 0 aromatic heterocycles. The summed E-state index contributed by atoms with van der Waals surface area (Å²) in [6, 6.07) is 6.84. The number of carbonyl (C=O) groups is 2. The van der Waals surface area contributed by atoms with Gasteiger partial charge in [-0.15, -0.1) is 0 Å². The van der Waals surface area contributed by atoms with Crippen molar-refractivity contribution in [1.82, 2.24) is 9.80 Å². The van der Waals surface area contributed by atoms with E-state index in [0.29, 0.717) is 6.54 Å². The van der Waals surface area contributed by atoms with Crippen molar-refractivity contribution in [1.29, 1.82) is 0 Å². The molecule has 32 heavy (non-hydrogen) atoms. The van der Waals surface area contributed by atoms with Crippen LogP contribution >= 0.6 is 0 Å². The van der Waals surface area contributed by atoms with Gasteiger partial charge in [0, 0.05) is 38.5 Å². The number of likely N-dealkylation sites (N-methyl/N-ethyl adjacent to an activating group) is 1. The highest BCUT2D eigenvalue weighted by Gasteiger charge is 2.38. The van der Waals surface area contributed by atoms with E-state index in [4.69, 9.17) is 19.6 Å². The van der Waals surface area contributed by atoms with Gasteiger partial charge in [0.25, 0.3) is 0 Å². The fraction of sp³-hybridized carbons (Fsp3) is 0.550. The van der Waals surface area contributed by atoms with Crippen LogP contribution in [0.5, 0.6) is 0 Å². The third-order valence-electron chi connectivity index (χ3n) is 4.88. The van der Waals surface area contributed by atoms with Crippen molar-refractivity contribution in [3.63, 3.8) is 0 Å². The fourth-order valence-corrected chi connectivity index (χ4v) is 3.07. The molecule has 12 heteroatoms. The second-order valence-corrected chi connectivity index (χ2v) is 7.40. The number of alkyl halides is 3. The van der Waals surface area contributed by atoms with E-state index in [1.165, 1.54) is 0 Å². The lowest BCUT2D eigenvalue weighted by Gasteiger charge is -2.35. The summed E-state index contributed by atoms with van der Waals surface area (Å²) in [6.45, 7) is 5.20. The number of nitrogens with one attached hydrogen (secondary N) is 1. The summed E-state index contributed by atoms with van der Waals surface area (Å²) >= 11 is 0. The molecule has 1 unspecified atom stereocenters. The number of aliphatic imine (C=N–C) groups is 1. The zero-order valence-corrected chi connectivity index (χ0v) is 17.6. The van der Waals surface area contributed by atoms with Gasteiger partial charge in [0.15, 0.2) is 5.96 Å². The summed E-state index contributed by atoms with van der Waals surface area (Å²) in [5, 5.41) is 19.6. The molecule has 2 saturated heterocycles. The van der Waals surface area contributed by atoms with Gasteiger partial charge >= 0.3 is 18.1 Å². The highest BCUT2D eigenvalue weighted by Crippen LogP contribution is 2.15. The van der Waals surface area contributed by atoms with Crippen LogP contribution in [0.3, 0.4) is 0 Å². The van der Waals surface area contributed by atoms with Crippen LogP contribution in [0, 0.1) is 0 Å². The number of aliphatic carboxylic acids is 1. The molecule has 0 amide bonds. The van der Waals surface area contributed by atoms with Gasteiger partial charge in [0.05, 0.1) is 18.2 Å². The molecule has 2 heterocycles. The van der Waals surface area contributed by atoms with Crippen molar-refractivity contribution in [2.45, 2.75) is 25.1 Å². The van der Waals surface area contributed by atoms with Gasteiger partial charge in [-0.2, -0.15) is 13.2 Å². The standard InChI is InChI=1S/C18H26N4O3.C2HF3O2/c1-21-7-9-22(10-8-21)18(19-13-16-6-3-11-25-16)20-15-5-2-4-14(12-15)17(23)24;3-2(4,5)1(6)7/h2,4-5,12,16H,3,6-11,13H2,1H3,(H,19,20)(H,23,24);(H,6,7). The maximum Gasteiger partial charge on any atom is 0.490 e. The van der Waals surface area contributed by atoms with Crippen LogP contribution in [0.2, 0.25) is 0 Å². The Morgan fingerprint density at radius 3 is 2.41 bits per heavy atom. The van der Waals surface area contributed by atoms with E-state index in [0.717, 1.165) is 57.3 Å². The van der Waals surface area contributed by atoms with E-state index in [2.05, 4.69) is 22.2 Å². The summed E-state index contributed by atoms with van der Waals surface area (Å²) in [4.78, 5) is 29.4. The average molecular weight is 460 g/mol. The summed E-state index contributed by atoms with van der Waals surface area (Å²) < 4.78 is 37.4. The molecular formula is C20H27F3N4O5. The molecule has 178 valence electrons. The quantitative estimate of drug-likeness (QED) is 0.463. The topological polar surface area (TPSA) is 115 Å². The number of benzene rings is 1. The predicted molar refractivity (Wildman–Crippen MR) is 111 cm³/mol. The van der Waals surface area contributed by atoms with E-state index in [1.807, 2.05) is 6.07 Å². The van der Waals surface area contributed by atoms with Crippen LogP contribution in [-0.2, 0) is 9.53 Å². The van der Waals surface area contributed by atoms with Gasteiger partial charge in [0.1, 0.15) is 0 Å². The Kier molecular flexibility index (Phi) is 9.27. The van der Waals surface area contributed by atoms with Crippen LogP contribution in [0.15, 0.2) is 29.3 Å². The number of rotatable bonds is 4. The van der Waals surface area contributed by atoms with Crippen LogP contribution in [0.25, 0.3) is 0 Å². The van der Waals surface area contributed by atoms with Crippen molar-refractivity contribution in [3.05, 3.63) is 29.8 Å². The van der Waals surface area contributed by atoms with Crippen LogP contribution in [-0.4, -0.2) is 96.6 Å². The summed E-state index contributed by atoms with van der Waals surface area (Å²) in [5.74, 6) is -2.89. The van der Waals surface area contributed by atoms with Gasteiger partial charge in [-0.1, -0.05) is 6.07 Å². The summed E-state index contributed by atoms with van der Waals surface area (Å²) in [5.41, 5.74) is 1.01. The lowest BCUT2D eigenvalue weighted by molar-refractivity contribution is -0.192. The predicted octanol–water partition coefficient (Wildman–Crippen LogP) is 2.21. The van der Waals surface area contributed by atoms with Crippen molar-refractivity contribution in [2.24, 2.45) is 4.99 Å². The number of anilines is 1. The van der Waals surface area contributed by atoms with E-state index in [9.17, 15) is 23.1 Å². The molecule has 0 spiro atoms. The maximum atomic E-state index is 11.2. The minimum absolute atomic E-state index is 0.189. The number of nitrogens with zero attached hydrogens (tertiary/aromatic N) is 3. The summed E-state index contributed by atoms with van der Waals surface area (Å²) in [7, 11) is 2.12. The van der Waals surface area contributed by atoms with Crippen molar-refractivity contribution >= 4 is 23.6 Å². The SMILES string of the molecule is CN1CCN(C(=NCC2CCCO2)Nc2cccc(C(=O)O)c2)CC1.O=C(O)C(F)(F)F. The first-order chi connectivity index (χ1) is 15.1. The molecular weight excluding hydrogens is 433 g/mol. The van der Waals surface area contributed by atoms with E-state index >= 15 is 0 Å². The molecule has 0 saturated carbocycles. The number of carboxylic acids is 2.